The monoisotopic (exact) mass is 288 g/mol. The number of nitrogens with one attached hydrogen (secondary N) is 1. The molecular weight excluding hydrogens is 278 g/mol. The Hall–Kier alpha value is -2.41. The van der Waals surface area contributed by atoms with Gasteiger partial charge in [0.1, 0.15) is 10.8 Å². The van der Waals surface area contributed by atoms with Gasteiger partial charge in [-0.05, 0) is 24.3 Å². The average Bonchev–Trinajstić information content (AvgIpc) is 2.41. The van der Waals surface area contributed by atoms with Gasteiger partial charge in [-0.25, -0.2) is 9.97 Å². The number of carbonyl (C=O) groups is 2. The van der Waals surface area contributed by atoms with E-state index in [1.54, 1.807) is 12.1 Å². The van der Waals surface area contributed by atoms with Gasteiger partial charge in [0.25, 0.3) is 0 Å². The lowest BCUT2D eigenvalue weighted by molar-refractivity contribution is -0.255. The van der Waals surface area contributed by atoms with Crippen molar-refractivity contribution in [3.05, 3.63) is 42.2 Å². The van der Waals surface area contributed by atoms with Gasteiger partial charge in [-0.15, -0.1) is 0 Å². The van der Waals surface area contributed by atoms with E-state index in [0.717, 1.165) is 11.8 Å². The van der Waals surface area contributed by atoms with Crippen LogP contribution in [-0.2, 0) is 4.79 Å². The standard InChI is InChI=1S/C13H11N3O3S/c1-8(17)16-11-5-4-9(7-15-11)20-12-10(13(18)19)3-2-6-14-12/h2-7H,1H3,(H,18,19)(H,15,16,17)/p-1. The summed E-state index contributed by atoms with van der Waals surface area (Å²) in [7, 11) is 0. The van der Waals surface area contributed by atoms with Crippen molar-refractivity contribution >= 4 is 29.5 Å². The summed E-state index contributed by atoms with van der Waals surface area (Å²) in [6, 6.07) is 6.32. The molecule has 0 aromatic carbocycles. The molecule has 6 nitrogen and oxygen atoms in total. The van der Waals surface area contributed by atoms with Gasteiger partial charge < -0.3 is 15.2 Å². The van der Waals surface area contributed by atoms with Crippen molar-refractivity contribution in [2.24, 2.45) is 0 Å². The van der Waals surface area contributed by atoms with Crippen LogP contribution in [0.25, 0.3) is 0 Å². The Labute approximate surface area is 119 Å². The molecule has 0 spiro atoms. The van der Waals surface area contributed by atoms with Crippen LogP contribution in [0.3, 0.4) is 0 Å². The van der Waals surface area contributed by atoms with Gasteiger partial charge in [0, 0.05) is 29.8 Å². The van der Waals surface area contributed by atoms with Crippen molar-refractivity contribution < 1.29 is 14.7 Å². The summed E-state index contributed by atoms with van der Waals surface area (Å²) in [5.74, 6) is -1.05. The molecule has 1 N–H and O–H groups in total. The van der Waals surface area contributed by atoms with Gasteiger partial charge >= 0.3 is 0 Å². The van der Waals surface area contributed by atoms with Crippen LogP contribution in [0.1, 0.15) is 17.3 Å². The van der Waals surface area contributed by atoms with E-state index < -0.39 is 5.97 Å². The quantitative estimate of drug-likeness (QED) is 0.900. The molecule has 0 atom stereocenters. The second-order valence-corrected chi connectivity index (χ2v) is 4.87. The fourth-order valence-corrected chi connectivity index (χ4v) is 2.27. The molecule has 20 heavy (non-hydrogen) atoms. The summed E-state index contributed by atoms with van der Waals surface area (Å²) in [4.78, 5) is 30.6. The van der Waals surface area contributed by atoms with Gasteiger partial charge in [-0.2, -0.15) is 0 Å². The number of carbonyl (C=O) groups excluding carboxylic acids is 2. The number of aromatic carboxylic acids is 1. The first-order valence-corrected chi connectivity index (χ1v) is 6.46. The predicted molar refractivity (Wildman–Crippen MR) is 71.2 cm³/mol. The Balaban J connectivity index is 2.18. The first-order chi connectivity index (χ1) is 9.56. The molecule has 2 aromatic rings. The number of hydrogen-bond donors (Lipinski definition) is 1. The molecule has 2 heterocycles. The third-order valence-corrected chi connectivity index (χ3v) is 3.24. The zero-order valence-corrected chi connectivity index (χ0v) is 11.3. The van der Waals surface area contributed by atoms with E-state index in [1.807, 2.05) is 0 Å². The number of nitrogens with zero attached hydrogens (tertiary/aromatic N) is 2. The molecule has 0 aliphatic rings. The molecule has 0 saturated heterocycles. The topological polar surface area (TPSA) is 95.0 Å². The third kappa shape index (κ3) is 3.55. The second kappa shape index (κ2) is 6.16. The number of carboxylic acids is 1. The normalized spacial score (nSPS) is 10.1. The number of pyridine rings is 2. The van der Waals surface area contributed by atoms with Gasteiger partial charge in [0.2, 0.25) is 5.91 Å². The van der Waals surface area contributed by atoms with Gasteiger partial charge in [-0.3, -0.25) is 4.79 Å². The number of anilines is 1. The largest absolute Gasteiger partial charge is 0.545 e. The molecule has 2 rings (SSSR count). The van der Waals surface area contributed by atoms with E-state index in [2.05, 4.69) is 15.3 Å². The van der Waals surface area contributed by atoms with Crippen LogP contribution in [0.4, 0.5) is 5.82 Å². The Morgan fingerprint density at radius 2 is 2.05 bits per heavy atom. The fraction of sp³-hybridized carbons (Fsp3) is 0.0769. The molecule has 0 bridgehead atoms. The van der Waals surface area contributed by atoms with Crippen LogP contribution >= 0.6 is 11.8 Å². The minimum atomic E-state index is -1.27. The molecule has 0 unspecified atom stereocenters. The number of amides is 1. The highest BCUT2D eigenvalue weighted by Gasteiger charge is 2.07. The first kappa shape index (κ1) is 14.0. The highest BCUT2D eigenvalue weighted by molar-refractivity contribution is 7.99. The zero-order chi connectivity index (χ0) is 14.5. The summed E-state index contributed by atoms with van der Waals surface area (Å²) in [6.07, 6.45) is 3.04. The van der Waals surface area contributed by atoms with Crippen molar-refractivity contribution in [1.82, 2.24) is 9.97 Å². The SMILES string of the molecule is CC(=O)Nc1ccc(Sc2ncccc2C(=O)[O-])cn1. The smallest absolute Gasteiger partial charge is 0.222 e. The Kier molecular flexibility index (Phi) is 4.31. The van der Waals surface area contributed by atoms with E-state index >= 15 is 0 Å². The lowest BCUT2D eigenvalue weighted by Crippen LogP contribution is -2.23. The second-order valence-electron chi connectivity index (χ2n) is 3.81. The van der Waals surface area contributed by atoms with Crippen molar-refractivity contribution in [3.63, 3.8) is 0 Å². The average molecular weight is 288 g/mol. The maximum atomic E-state index is 11.0. The van der Waals surface area contributed by atoms with Crippen LogP contribution in [0.5, 0.6) is 0 Å². The summed E-state index contributed by atoms with van der Waals surface area (Å²) in [5.41, 5.74) is 0.0310. The molecule has 0 aliphatic heterocycles. The minimum absolute atomic E-state index is 0.0310. The van der Waals surface area contributed by atoms with E-state index in [0.29, 0.717) is 15.7 Å². The number of hydrogen-bond acceptors (Lipinski definition) is 6. The molecule has 0 fully saturated rings. The van der Waals surface area contributed by atoms with Crippen LogP contribution in [-0.4, -0.2) is 21.8 Å². The maximum Gasteiger partial charge on any atom is 0.222 e. The highest BCUT2D eigenvalue weighted by atomic mass is 32.2. The maximum absolute atomic E-state index is 11.0. The Bertz CT molecular complexity index is 644. The third-order valence-electron chi connectivity index (χ3n) is 2.25. The first-order valence-electron chi connectivity index (χ1n) is 5.64. The van der Waals surface area contributed by atoms with Crippen molar-refractivity contribution in [2.45, 2.75) is 16.8 Å². The molecule has 0 saturated carbocycles. The summed E-state index contributed by atoms with van der Waals surface area (Å²) in [5, 5.41) is 13.8. The van der Waals surface area contributed by atoms with Crippen LogP contribution in [0.2, 0.25) is 0 Å². The molecule has 7 heteroatoms. The molecule has 2 aromatic heterocycles. The molecule has 1 amide bonds. The molecule has 102 valence electrons. The van der Waals surface area contributed by atoms with Crippen molar-refractivity contribution in [1.29, 1.82) is 0 Å². The lowest BCUT2D eigenvalue weighted by Gasteiger charge is -2.08. The molecule has 0 radical (unpaired) electrons. The minimum Gasteiger partial charge on any atom is -0.545 e. The summed E-state index contributed by atoms with van der Waals surface area (Å²) < 4.78 is 0. The van der Waals surface area contributed by atoms with Gasteiger partial charge in [0.05, 0.1) is 5.97 Å². The van der Waals surface area contributed by atoms with Crippen molar-refractivity contribution in [3.8, 4) is 0 Å². The highest BCUT2D eigenvalue weighted by Crippen LogP contribution is 2.28. The van der Waals surface area contributed by atoms with E-state index in [9.17, 15) is 14.7 Å². The number of carboxylic acid groups (broad SMARTS) is 1. The fourth-order valence-electron chi connectivity index (χ4n) is 1.43. The molecular formula is C13H10N3O3S-. The Morgan fingerprint density at radius 3 is 2.65 bits per heavy atom. The van der Waals surface area contributed by atoms with E-state index in [4.69, 9.17) is 0 Å². The zero-order valence-electron chi connectivity index (χ0n) is 10.5. The van der Waals surface area contributed by atoms with Gasteiger partial charge in [0.15, 0.2) is 0 Å². The van der Waals surface area contributed by atoms with Crippen molar-refractivity contribution in [2.75, 3.05) is 5.32 Å². The summed E-state index contributed by atoms with van der Waals surface area (Å²) in [6.45, 7) is 1.39. The van der Waals surface area contributed by atoms with Crippen LogP contribution in [0.15, 0.2) is 46.6 Å². The van der Waals surface area contributed by atoms with Crippen LogP contribution < -0.4 is 10.4 Å². The Morgan fingerprint density at radius 1 is 1.25 bits per heavy atom. The van der Waals surface area contributed by atoms with Gasteiger partial charge in [-0.1, -0.05) is 11.8 Å². The number of rotatable bonds is 4. The predicted octanol–water partition coefficient (Wildman–Crippen LogP) is 0.950. The summed E-state index contributed by atoms with van der Waals surface area (Å²) >= 11 is 1.16. The number of aromatic nitrogens is 2. The molecule has 0 aliphatic carbocycles. The van der Waals surface area contributed by atoms with Crippen LogP contribution in [0, 0.1) is 0 Å². The lowest BCUT2D eigenvalue weighted by atomic mass is 10.3. The van der Waals surface area contributed by atoms with E-state index in [1.165, 1.54) is 31.5 Å². The van der Waals surface area contributed by atoms with E-state index in [-0.39, 0.29) is 11.5 Å².